The molecule has 6 heteroatoms. The van der Waals surface area contributed by atoms with E-state index in [1.165, 1.54) is 37.2 Å². The Balaban J connectivity index is 0. The van der Waals surface area contributed by atoms with Gasteiger partial charge < -0.3 is 10.6 Å². The second-order valence-corrected chi connectivity index (χ2v) is 6.06. The highest BCUT2D eigenvalue weighted by molar-refractivity contribution is 14.0. The van der Waals surface area contributed by atoms with E-state index in [-0.39, 0.29) is 24.0 Å². The summed E-state index contributed by atoms with van der Waals surface area (Å²) in [5.74, 6) is 3.48. The summed E-state index contributed by atoms with van der Waals surface area (Å²) in [5.41, 5.74) is 0. The summed E-state index contributed by atoms with van der Waals surface area (Å²) in [7, 11) is 0. The number of halogens is 1. The zero-order valence-corrected chi connectivity index (χ0v) is 16.5. The predicted octanol–water partition coefficient (Wildman–Crippen LogP) is 3.45. The molecule has 0 aliphatic carbocycles. The van der Waals surface area contributed by atoms with Crippen molar-refractivity contribution in [2.24, 2.45) is 4.99 Å². The summed E-state index contributed by atoms with van der Waals surface area (Å²) in [6.45, 7) is 5.00. The van der Waals surface area contributed by atoms with Crippen molar-refractivity contribution >= 4 is 53.5 Å². The Morgan fingerprint density at radius 1 is 0.947 bits per heavy atom. The molecule has 0 amide bonds. The molecule has 3 nitrogen and oxygen atoms in total. The van der Waals surface area contributed by atoms with E-state index in [1.807, 2.05) is 23.5 Å². The molecule has 0 atom stereocenters. The molecule has 0 aromatic rings. The Bertz CT molecular complexity index is 204. The molecular formula is C13H30IN3S2. The van der Waals surface area contributed by atoms with Crippen molar-refractivity contribution in [3.8, 4) is 0 Å². The van der Waals surface area contributed by atoms with E-state index in [2.05, 4.69) is 35.1 Å². The van der Waals surface area contributed by atoms with Crippen LogP contribution in [0.4, 0.5) is 0 Å². The summed E-state index contributed by atoms with van der Waals surface area (Å²) in [5, 5.41) is 6.69. The molecular weight excluding hydrogens is 389 g/mol. The first-order valence-electron chi connectivity index (χ1n) is 6.85. The van der Waals surface area contributed by atoms with Gasteiger partial charge in [-0.25, -0.2) is 0 Å². The normalized spacial score (nSPS) is 11.0. The minimum Gasteiger partial charge on any atom is -0.357 e. The molecule has 0 saturated carbocycles. The third-order valence-corrected chi connectivity index (χ3v) is 3.83. The van der Waals surface area contributed by atoms with Gasteiger partial charge in [-0.15, -0.1) is 24.0 Å². The van der Waals surface area contributed by atoms with Gasteiger partial charge in [0.1, 0.15) is 0 Å². The summed E-state index contributed by atoms with van der Waals surface area (Å²) in [6.07, 6.45) is 9.26. The smallest absolute Gasteiger partial charge is 0.191 e. The Morgan fingerprint density at radius 3 is 2.16 bits per heavy atom. The zero-order valence-electron chi connectivity index (χ0n) is 12.5. The van der Waals surface area contributed by atoms with Crippen LogP contribution in [-0.4, -0.2) is 49.6 Å². The molecule has 0 aliphatic rings. The van der Waals surface area contributed by atoms with Crippen LogP contribution in [0.3, 0.4) is 0 Å². The molecule has 0 unspecified atom stereocenters. The van der Waals surface area contributed by atoms with Crippen molar-refractivity contribution in [3.63, 3.8) is 0 Å². The predicted molar refractivity (Wildman–Crippen MR) is 105 cm³/mol. The highest BCUT2D eigenvalue weighted by Gasteiger charge is 1.96. The van der Waals surface area contributed by atoms with Gasteiger partial charge in [0.05, 0.1) is 0 Å². The third-order valence-electron chi connectivity index (χ3n) is 2.44. The maximum absolute atomic E-state index is 4.58. The molecule has 0 saturated heterocycles. The van der Waals surface area contributed by atoms with Crippen molar-refractivity contribution in [1.29, 1.82) is 0 Å². The van der Waals surface area contributed by atoms with E-state index in [4.69, 9.17) is 0 Å². The molecule has 0 fully saturated rings. The molecule has 0 radical (unpaired) electrons. The lowest BCUT2D eigenvalue weighted by Crippen LogP contribution is -2.37. The van der Waals surface area contributed by atoms with Crippen molar-refractivity contribution < 1.29 is 0 Å². The van der Waals surface area contributed by atoms with Gasteiger partial charge in [0.25, 0.3) is 0 Å². The van der Waals surface area contributed by atoms with Crippen LogP contribution in [-0.2, 0) is 0 Å². The monoisotopic (exact) mass is 419 g/mol. The van der Waals surface area contributed by atoms with Gasteiger partial charge in [0, 0.05) is 19.6 Å². The first kappa shape index (κ1) is 22.0. The number of unbranched alkanes of at least 4 members (excludes halogenated alkanes) is 2. The number of rotatable bonds is 11. The number of hydrogen-bond donors (Lipinski definition) is 2. The molecule has 0 bridgehead atoms. The molecule has 0 spiro atoms. The second kappa shape index (κ2) is 18.7. The SMILES string of the molecule is CCNC(=NCCCCSC)NCCCCSC.I. The second-order valence-electron chi connectivity index (χ2n) is 4.09. The Kier molecular flexibility index (Phi) is 21.6. The standard InChI is InChI=1S/C13H29N3S2.HI/c1-4-14-13(15-9-5-7-11-17-2)16-10-6-8-12-18-3;/h4-12H2,1-3H3,(H2,14,15,16);1H. The van der Waals surface area contributed by atoms with E-state index >= 15 is 0 Å². The topological polar surface area (TPSA) is 36.4 Å². The average Bonchev–Trinajstić information content (AvgIpc) is 2.38. The fraction of sp³-hybridized carbons (Fsp3) is 0.923. The van der Waals surface area contributed by atoms with Crippen LogP contribution in [0.25, 0.3) is 0 Å². The van der Waals surface area contributed by atoms with Gasteiger partial charge >= 0.3 is 0 Å². The fourth-order valence-electron chi connectivity index (χ4n) is 1.47. The van der Waals surface area contributed by atoms with E-state index in [0.717, 1.165) is 25.6 Å². The highest BCUT2D eigenvalue weighted by Crippen LogP contribution is 1.99. The van der Waals surface area contributed by atoms with Gasteiger partial charge in [0.2, 0.25) is 0 Å². The maximum atomic E-state index is 4.58. The lowest BCUT2D eigenvalue weighted by Gasteiger charge is -2.10. The van der Waals surface area contributed by atoms with Gasteiger partial charge in [0.15, 0.2) is 5.96 Å². The molecule has 0 heterocycles. The first-order chi connectivity index (χ1) is 8.85. The van der Waals surface area contributed by atoms with Crippen molar-refractivity contribution in [2.75, 3.05) is 43.7 Å². The van der Waals surface area contributed by atoms with Crippen LogP contribution in [0.2, 0.25) is 0 Å². The quantitative estimate of drug-likeness (QED) is 0.233. The zero-order chi connectivity index (χ0) is 13.5. The average molecular weight is 419 g/mol. The number of nitrogens with one attached hydrogen (secondary N) is 2. The fourth-order valence-corrected chi connectivity index (χ4v) is 2.45. The van der Waals surface area contributed by atoms with Gasteiger partial charge in [-0.2, -0.15) is 23.5 Å². The van der Waals surface area contributed by atoms with Crippen LogP contribution in [0.15, 0.2) is 4.99 Å². The highest BCUT2D eigenvalue weighted by atomic mass is 127. The van der Waals surface area contributed by atoms with Crippen LogP contribution >= 0.6 is 47.5 Å². The van der Waals surface area contributed by atoms with Crippen LogP contribution in [0.1, 0.15) is 32.6 Å². The van der Waals surface area contributed by atoms with Crippen molar-refractivity contribution in [1.82, 2.24) is 10.6 Å². The van der Waals surface area contributed by atoms with Gasteiger partial charge in [-0.05, 0) is 56.6 Å². The van der Waals surface area contributed by atoms with Crippen molar-refractivity contribution in [2.45, 2.75) is 32.6 Å². The summed E-state index contributed by atoms with van der Waals surface area (Å²) >= 11 is 3.83. The van der Waals surface area contributed by atoms with Gasteiger partial charge in [-0.1, -0.05) is 0 Å². The van der Waals surface area contributed by atoms with E-state index in [9.17, 15) is 0 Å². The van der Waals surface area contributed by atoms with E-state index in [0.29, 0.717) is 0 Å². The largest absolute Gasteiger partial charge is 0.357 e. The molecule has 0 aromatic carbocycles. The number of thioether (sulfide) groups is 2. The number of hydrogen-bond acceptors (Lipinski definition) is 3. The van der Waals surface area contributed by atoms with Crippen LogP contribution < -0.4 is 10.6 Å². The lowest BCUT2D eigenvalue weighted by atomic mass is 10.3. The molecule has 0 aromatic heterocycles. The molecule has 0 aliphatic heterocycles. The Morgan fingerprint density at radius 2 is 1.58 bits per heavy atom. The summed E-state index contributed by atoms with van der Waals surface area (Å²) < 4.78 is 0. The van der Waals surface area contributed by atoms with Crippen molar-refractivity contribution in [3.05, 3.63) is 0 Å². The number of guanidine groups is 1. The summed E-state index contributed by atoms with van der Waals surface area (Å²) in [4.78, 5) is 4.58. The minimum absolute atomic E-state index is 0. The van der Waals surface area contributed by atoms with Gasteiger partial charge in [-0.3, -0.25) is 4.99 Å². The number of nitrogens with zero attached hydrogens (tertiary/aromatic N) is 1. The minimum atomic E-state index is 0. The number of aliphatic imine (C=N–C) groups is 1. The first-order valence-corrected chi connectivity index (χ1v) is 9.64. The third kappa shape index (κ3) is 16.6. The lowest BCUT2D eigenvalue weighted by molar-refractivity contribution is 0.727. The van der Waals surface area contributed by atoms with E-state index < -0.39 is 0 Å². The van der Waals surface area contributed by atoms with Crippen LogP contribution in [0, 0.1) is 0 Å². The maximum Gasteiger partial charge on any atom is 0.191 e. The molecule has 2 N–H and O–H groups in total. The van der Waals surface area contributed by atoms with Crippen LogP contribution in [0.5, 0.6) is 0 Å². The summed E-state index contributed by atoms with van der Waals surface area (Å²) in [6, 6.07) is 0. The molecule has 116 valence electrons. The molecule has 0 rings (SSSR count). The Hall–Kier alpha value is 0.700. The molecule has 19 heavy (non-hydrogen) atoms. The Labute approximate surface area is 145 Å². The van der Waals surface area contributed by atoms with E-state index in [1.54, 1.807) is 0 Å².